The lowest BCUT2D eigenvalue weighted by molar-refractivity contribution is 0.654. The van der Waals surface area contributed by atoms with Crippen LogP contribution in [-0.2, 0) is 0 Å². The Hall–Kier alpha value is -0.420. The fraction of sp³-hybridized carbons (Fsp3) is 0.889. The molecule has 0 aliphatic rings. The van der Waals surface area contributed by atoms with Gasteiger partial charge in [-0.05, 0) is 31.8 Å². The Morgan fingerprint density at radius 3 is 2.50 bits per heavy atom. The van der Waals surface area contributed by atoms with Crippen LogP contribution in [-0.4, -0.2) is 30.6 Å². The van der Waals surface area contributed by atoms with Crippen LogP contribution in [0.15, 0.2) is 4.99 Å². The molecule has 84 valence electrons. The molecule has 4 N–H and O–H groups in total. The molecule has 1 atom stereocenters. The van der Waals surface area contributed by atoms with E-state index in [9.17, 15) is 0 Å². The van der Waals surface area contributed by atoms with Crippen LogP contribution < -0.4 is 16.6 Å². The van der Waals surface area contributed by atoms with E-state index in [1.807, 2.05) is 11.8 Å². The van der Waals surface area contributed by atoms with Crippen molar-refractivity contribution in [2.24, 2.45) is 16.8 Å². The Bertz CT molecular complexity index is 170. The van der Waals surface area contributed by atoms with Crippen molar-refractivity contribution in [3.8, 4) is 0 Å². The molecular formula is C9H22N4S. The SMILES string of the molecule is CSCC(C)CN=C(NN)NC(C)C. The normalized spacial score (nSPS) is 14.3. The first kappa shape index (κ1) is 13.6. The third-order valence-corrected chi connectivity index (χ3v) is 2.48. The van der Waals surface area contributed by atoms with Gasteiger partial charge in [0.2, 0.25) is 5.96 Å². The number of nitrogens with zero attached hydrogens (tertiary/aromatic N) is 1. The summed E-state index contributed by atoms with van der Waals surface area (Å²) in [5.74, 6) is 7.72. The van der Waals surface area contributed by atoms with Gasteiger partial charge in [-0.15, -0.1) is 0 Å². The van der Waals surface area contributed by atoms with Crippen LogP contribution >= 0.6 is 11.8 Å². The summed E-state index contributed by atoms with van der Waals surface area (Å²) in [7, 11) is 0. The minimum Gasteiger partial charge on any atom is -0.353 e. The Labute approximate surface area is 91.1 Å². The van der Waals surface area contributed by atoms with Crippen LogP contribution in [0.2, 0.25) is 0 Å². The molecule has 0 heterocycles. The summed E-state index contributed by atoms with van der Waals surface area (Å²) in [4.78, 5) is 4.36. The molecule has 14 heavy (non-hydrogen) atoms. The number of guanidine groups is 1. The first-order chi connectivity index (χ1) is 6.60. The molecule has 0 rings (SSSR count). The van der Waals surface area contributed by atoms with Gasteiger partial charge in [-0.3, -0.25) is 10.4 Å². The highest BCUT2D eigenvalue weighted by atomic mass is 32.2. The van der Waals surface area contributed by atoms with E-state index in [1.54, 1.807) is 0 Å². The van der Waals surface area contributed by atoms with Crippen molar-refractivity contribution in [1.29, 1.82) is 0 Å². The molecule has 0 aromatic carbocycles. The Balaban J connectivity index is 3.91. The van der Waals surface area contributed by atoms with E-state index < -0.39 is 0 Å². The van der Waals surface area contributed by atoms with E-state index >= 15 is 0 Å². The van der Waals surface area contributed by atoms with Gasteiger partial charge in [0.15, 0.2) is 0 Å². The molecule has 0 aromatic heterocycles. The van der Waals surface area contributed by atoms with E-state index in [2.05, 4.69) is 42.8 Å². The number of hydrazine groups is 1. The van der Waals surface area contributed by atoms with Gasteiger partial charge in [-0.1, -0.05) is 6.92 Å². The van der Waals surface area contributed by atoms with Crippen molar-refractivity contribution in [2.75, 3.05) is 18.6 Å². The van der Waals surface area contributed by atoms with E-state index in [-0.39, 0.29) is 0 Å². The Kier molecular flexibility index (Phi) is 7.70. The molecule has 0 aliphatic heterocycles. The number of rotatable bonds is 5. The summed E-state index contributed by atoms with van der Waals surface area (Å²) in [5, 5.41) is 3.13. The van der Waals surface area contributed by atoms with Gasteiger partial charge in [0, 0.05) is 12.6 Å². The molecule has 0 saturated carbocycles. The summed E-state index contributed by atoms with van der Waals surface area (Å²) in [6.45, 7) is 7.10. The average molecular weight is 218 g/mol. The summed E-state index contributed by atoms with van der Waals surface area (Å²) in [6, 6.07) is 0.348. The van der Waals surface area contributed by atoms with Gasteiger partial charge in [0.05, 0.1) is 0 Å². The van der Waals surface area contributed by atoms with Crippen LogP contribution in [0.25, 0.3) is 0 Å². The average Bonchev–Trinajstić information content (AvgIpc) is 2.12. The minimum absolute atomic E-state index is 0.348. The lowest BCUT2D eigenvalue weighted by Gasteiger charge is -2.13. The zero-order valence-corrected chi connectivity index (χ0v) is 10.3. The number of nitrogens with one attached hydrogen (secondary N) is 2. The molecule has 1 unspecified atom stereocenters. The zero-order chi connectivity index (χ0) is 11.0. The van der Waals surface area contributed by atoms with Crippen LogP contribution in [0.3, 0.4) is 0 Å². The van der Waals surface area contributed by atoms with Gasteiger partial charge >= 0.3 is 0 Å². The third kappa shape index (κ3) is 7.03. The number of nitrogens with two attached hydrogens (primary N) is 1. The van der Waals surface area contributed by atoms with Crippen LogP contribution in [0.5, 0.6) is 0 Å². The van der Waals surface area contributed by atoms with Crippen molar-refractivity contribution < 1.29 is 0 Å². The Morgan fingerprint density at radius 1 is 1.43 bits per heavy atom. The quantitative estimate of drug-likeness (QED) is 0.276. The molecule has 0 aliphatic carbocycles. The molecule has 4 nitrogen and oxygen atoms in total. The zero-order valence-electron chi connectivity index (χ0n) is 9.50. The molecule has 5 heteroatoms. The lowest BCUT2D eigenvalue weighted by atomic mass is 10.2. The number of hydrogen-bond donors (Lipinski definition) is 3. The lowest BCUT2D eigenvalue weighted by Crippen LogP contribution is -2.44. The summed E-state index contributed by atoms with van der Waals surface area (Å²) >= 11 is 1.84. The largest absolute Gasteiger partial charge is 0.353 e. The van der Waals surface area contributed by atoms with Crippen molar-refractivity contribution in [1.82, 2.24) is 10.7 Å². The first-order valence-corrected chi connectivity index (χ1v) is 6.26. The van der Waals surface area contributed by atoms with Crippen LogP contribution in [0.1, 0.15) is 20.8 Å². The van der Waals surface area contributed by atoms with E-state index in [1.165, 1.54) is 0 Å². The van der Waals surface area contributed by atoms with Gasteiger partial charge in [-0.2, -0.15) is 11.8 Å². The summed E-state index contributed by atoms with van der Waals surface area (Å²) in [6.07, 6.45) is 2.11. The molecule has 0 aromatic rings. The molecule has 0 spiro atoms. The van der Waals surface area contributed by atoms with Crippen molar-refractivity contribution in [3.05, 3.63) is 0 Å². The predicted octanol–water partition coefficient (Wildman–Crippen LogP) is 0.803. The second-order valence-corrected chi connectivity index (χ2v) is 4.60. The topological polar surface area (TPSA) is 62.4 Å². The Morgan fingerprint density at radius 2 is 2.07 bits per heavy atom. The van der Waals surface area contributed by atoms with E-state index in [4.69, 9.17) is 5.84 Å². The molecular weight excluding hydrogens is 196 g/mol. The van der Waals surface area contributed by atoms with Crippen molar-refractivity contribution in [3.63, 3.8) is 0 Å². The maximum atomic E-state index is 5.33. The monoisotopic (exact) mass is 218 g/mol. The molecule has 0 saturated heterocycles. The minimum atomic E-state index is 0.348. The molecule has 0 fully saturated rings. The first-order valence-electron chi connectivity index (χ1n) is 4.86. The highest BCUT2D eigenvalue weighted by Gasteiger charge is 2.02. The van der Waals surface area contributed by atoms with E-state index in [0.29, 0.717) is 17.9 Å². The van der Waals surface area contributed by atoms with Crippen molar-refractivity contribution in [2.45, 2.75) is 26.8 Å². The predicted molar refractivity (Wildman–Crippen MR) is 65.4 cm³/mol. The standard InChI is InChI=1S/C9H22N4S/c1-7(2)12-9(13-10)11-5-8(3)6-14-4/h7-8H,5-6,10H2,1-4H3,(H2,11,12,13). The van der Waals surface area contributed by atoms with Gasteiger partial charge in [0.25, 0.3) is 0 Å². The van der Waals surface area contributed by atoms with Gasteiger partial charge < -0.3 is 5.32 Å². The van der Waals surface area contributed by atoms with Gasteiger partial charge in [0.1, 0.15) is 0 Å². The highest BCUT2D eigenvalue weighted by molar-refractivity contribution is 7.98. The third-order valence-electron chi connectivity index (χ3n) is 1.57. The smallest absolute Gasteiger partial charge is 0.205 e. The second-order valence-electron chi connectivity index (χ2n) is 3.69. The number of hydrogen-bond acceptors (Lipinski definition) is 3. The second kappa shape index (κ2) is 7.94. The molecule has 0 amide bonds. The highest BCUT2D eigenvalue weighted by Crippen LogP contribution is 2.04. The number of aliphatic imine (C=N–C) groups is 1. The van der Waals surface area contributed by atoms with Crippen LogP contribution in [0, 0.1) is 5.92 Å². The van der Waals surface area contributed by atoms with Crippen LogP contribution in [0.4, 0.5) is 0 Å². The summed E-state index contributed by atoms with van der Waals surface area (Å²) < 4.78 is 0. The maximum absolute atomic E-state index is 5.33. The van der Waals surface area contributed by atoms with E-state index in [0.717, 1.165) is 12.3 Å². The fourth-order valence-corrected chi connectivity index (χ4v) is 1.67. The summed E-state index contributed by atoms with van der Waals surface area (Å²) in [5.41, 5.74) is 2.56. The number of thioether (sulfide) groups is 1. The molecule has 0 radical (unpaired) electrons. The van der Waals surface area contributed by atoms with Gasteiger partial charge in [-0.25, -0.2) is 5.84 Å². The van der Waals surface area contributed by atoms with Crippen molar-refractivity contribution >= 4 is 17.7 Å². The maximum Gasteiger partial charge on any atom is 0.205 e. The fourth-order valence-electron chi connectivity index (χ4n) is 0.991. The molecule has 0 bridgehead atoms.